The highest BCUT2D eigenvalue weighted by atomic mass is 16.5. The molecule has 0 aliphatic rings. The molecule has 2 rings (SSSR count). The molecule has 156 valence electrons. The van der Waals surface area contributed by atoms with Crippen molar-refractivity contribution in [1.29, 1.82) is 0 Å². The number of ether oxygens (including phenoxy) is 1. The van der Waals surface area contributed by atoms with Crippen LogP contribution < -0.4 is 10.1 Å². The van der Waals surface area contributed by atoms with E-state index in [1.807, 2.05) is 62.4 Å². The second-order valence-corrected chi connectivity index (χ2v) is 7.56. The van der Waals surface area contributed by atoms with E-state index in [0.29, 0.717) is 24.6 Å². The number of rotatable bonds is 9. The van der Waals surface area contributed by atoms with E-state index >= 15 is 0 Å². The van der Waals surface area contributed by atoms with Gasteiger partial charge in [-0.2, -0.15) is 0 Å². The van der Waals surface area contributed by atoms with Gasteiger partial charge in [0.05, 0.1) is 0 Å². The molecule has 5 heteroatoms. The van der Waals surface area contributed by atoms with Crippen molar-refractivity contribution in [3.05, 3.63) is 65.2 Å². The van der Waals surface area contributed by atoms with Crippen molar-refractivity contribution in [1.82, 2.24) is 10.2 Å². The van der Waals surface area contributed by atoms with Gasteiger partial charge < -0.3 is 15.0 Å². The van der Waals surface area contributed by atoms with E-state index in [9.17, 15) is 9.59 Å². The first-order valence-electron chi connectivity index (χ1n) is 10.1. The molecule has 0 radical (unpaired) electrons. The average Bonchev–Trinajstić information content (AvgIpc) is 2.73. The van der Waals surface area contributed by atoms with E-state index < -0.39 is 6.04 Å². The Bertz CT molecular complexity index is 798. The first kappa shape index (κ1) is 22.5. The zero-order valence-electron chi connectivity index (χ0n) is 18.1. The lowest BCUT2D eigenvalue weighted by Crippen LogP contribution is -2.49. The maximum atomic E-state index is 13.0. The number of nitrogens with zero attached hydrogens (tertiary/aromatic N) is 1. The normalized spacial score (nSPS) is 11.8. The van der Waals surface area contributed by atoms with Crippen LogP contribution in [0.25, 0.3) is 0 Å². The fourth-order valence-electron chi connectivity index (χ4n) is 3.15. The van der Waals surface area contributed by atoms with Gasteiger partial charge in [0.1, 0.15) is 11.8 Å². The Labute approximate surface area is 174 Å². The van der Waals surface area contributed by atoms with Crippen LogP contribution in [0.2, 0.25) is 0 Å². The van der Waals surface area contributed by atoms with Crippen LogP contribution in [0.4, 0.5) is 0 Å². The predicted octanol–water partition coefficient (Wildman–Crippen LogP) is 4.05. The van der Waals surface area contributed by atoms with Crippen LogP contribution in [-0.4, -0.2) is 36.4 Å². The summed E-state index contributed by atoms with van der Waals surface area (Å²) in [5.74, 6) is 0.697. The summed E-state index contributed by atoms with van der Waals surface area (Å²) >= 11 is 0. The molecule has 0 spiro atoms. The number of hydrogen-bond donors (Lipinski definition) is 1. The van der Waals surface area contributed by atoms with Gasteiger partial charge in [-0.1, -0.05) is 62.7 Å². The highest BCUT2D eigenvalue weighted by molar-refractivity contribution is 5.88. The maximum Gasteiger partial charge on any atom is 0.261 e. The number of nitrogens with one attached hydrogen (secondary N) is 1. The summed E-state index contributed by atoms with van der Waals surface area (Å²) in [6.45, 7) is 8.43. The van der Waals surface area contributed by atoms with Gasteiger partial charge in [-0.3, -0.25) is 9.59 Å². The number of aryl methyl sites for hydroxylation is 1. The van der Waals surface area contributed by atoms with Gasteiger partial charge in [-0.05, 0) is 42.5 Å². The van der Waals surface area contributed by atoms with Crippen molar-refractivity contribution >= 4 is 11.8 Å². The SMILES string of the molecule is CCC(C(=O)NC)N(Cc1ccc(C)cc1)C(=O)COc1ccc(C(C)C)cc1. The molecule has 5 nitrogen and oxygen atoms in total. The molecule has 2 amide bonds. The van der Waals surface area contributed by atoms with Gasteiger partial charge in [0.2, 0.25) is 5.91 Å². The fourth-order valence-corrected chi connectivity index (χ4v) is 3.15. The van der Waals surface area contributed by atoms with Gasteiger partial charge in [0, 0.05) is 13.6 Å². The maximum absolute atomic E-state index is 13.0. The molecule has 0 saturated carbocycles. The van der Waals surface area contributed by atoms with Gasteiger partial charge in [-0.25, -0.2) is 0 Å². The monoisotopic (exact) mass is 396 g/mol. The Hall–Kier alpha value is -2.82. The molecule has 1 unspecified atom stereocenters. The van der Waals surface area contributed by atoms with E-state index in [1.165, 1.54) is 5.56 Å². The van der Waals surface area contributed by atoms with Crippen LogP contribution in [0.3, 0.4) is 0 Å². The zero-order chi connectivity index (χ0) is 21.4. The quantitative estimate of drug-likeness (QED) is 0.696. The summed E-state index contributed by atoms with van der Waals surface area (Å²) in [6, 6.07) is 15.2. The van der Waals surface area contributed by atoms with Gasteiger partial charge in [-0.15, -0.1) is 0 Å². The van der Waals surface area contributed by atoms with Crippen molar-refractivity contribution < 1.29 is 14.3 Å². The molecule has 1 atom stereocenters. The minimum atomic E-state index is -0.541. The Morgan fingerprint density at radius 2 is 1.66 bits per heavy atom. The lowest BCUT2D eigenvalue weighted by molar-refractivity contribution is -0.142. The Kier molecular flexibility index (Phi) is 8.25. The highest BCUT2D eigenvalue weighted by Gasteiger charge is 2.28. The molecular formula is C24H32N2O3. The molecule has 1 N–H and O–H groups in total. The number of hydrogen-bond acceptors (Lipinski definition) is 3. The summed E-state index contributed by atoms with van der Waals surface area (Å²) in [5, 5.41) is 2.66. The Balaban J connectivity index is 2.14. The number of benzene rings is 2. The predicted molar refractivity (Wildman–Crippen MR) is 116 cm³/mol. The average molecular weight is 397 g/mol. The lowest BCUT2D eigenvalue weighted by atomic mass is 10.0. The van der Waals surface area contributed by atoms with Crippen LogP contribution in [0, 0.1) is 6.92 Å². The Morgan fingerprint density at radius 3 is 2.17 bits per heavy atom. The standard InChI is InChI=1S/C24H32N2O3/c1-6-22(24(28)25-5)26(15-19-9-7-18(4)8-10-19)23(27)16-29-21-13-11-20(12-14-21)17(2)3/h7-14,17,22H,6,15-16H2,1-5H3,(H,25,28). The van der Waals surface area contributed by atoms with Crippen molar-refractivity contribution in [2.75, 3.05) is 13.7 Å². The van der Waals surface area contributed by atoms with E-state index in [1.54, 1.807) is 11.9 Å². The lowest BCUT2D eigenvalue weighted by Gasteiger charge is -2.30. The summed E-state index contributed by atoms with van der Waals surface area (Å²) in [4.78, 5) is 27.0. The molecule has 0 bridgehead atoms. The van der Waals surface area contributed by atoms with Crippen molar-refractivity contribution in [2.45, 2.75) is 52.6 Å². The molecular weight excluding hydrogens is 364 g/mol. The summed E-state index contributed by atoms with van der Waals surface area (Å²) in [7, 11) is 1.59. The molecule has 0 heterocycles. The van der Waals surface area contributed by atoms with Crippen LogP contribution in [0.1, 0.15) is 49.8 Å². The number of likely N-dealkylation sites (N-methyl/N-ethyl adjacent to an activating group) is 1. The Morgan fingerprint density at radius 1 is 1.03 bits per heavy atom. The van der Waals surface area contributed by atoms with E-state index in [4.69, 9.17) is 4.74 Å². The third-order valence-electron chi connectivity index (χ3n) is 5.01. The smallest absolute Gasteiger partial charge is 0.261 e. The minimum absolute atomic E-state index is 0.111. The first-order valence-corrected chi connectivity index (χ1v) is 10.1. The van der Waals surface area contributed by atoms with Gasteiger partial charge in [0.15, 0.2) is 6.61 Å². The van der Waals surface area contributed by atoms with Crippen molar-refractivity contribution in [3.8, 4) is 5.75 Å². The molecule has 2 aromatic rings. The molecule has 0 saturated heterocycles. The van der Waals surface area contributed by atoms with E-state index in [-0.39, 0.29) is 18.4 Å². The molecule has 2 aromatic carbocycles. The summed E-state index contributed by atoms with van der Waals surface area (Å²) < 4.78 is 5.73. The molecule has 0 fully saturated rings. The summed E-state index contributed by atoms with van der Waals surface area (Å²) in [5.41, 5.74) is 3.35. The van der Waals surface area contributed by atoms with Crippen molar-refractivity contribution in [2.24, 2.45) is 0 Å². The van der Waals surface area contributed by atoms with E-state index in [0.717, 1.165) is 11.1 Å². The number of carbonyl (C=O) groups excluding carboxylic acids is 2. The van der Waals surface area contributed by atoms with Crippen LogP contribution in [0.5, 0.6) is 5.75 Å². The van der Waals surface area contributed by atoms with E-state index in [2.05, 4.69) is 19.2 Å². The fraction of sp³-hybridized carbons (Fsp3) is 0.417. The van der Waals surface area contributed by atoms with Crippen LogP contribution in [0.15, 0.2) is 48.5 Å². The largest absolute Gasteiger partial charge is 0.484 e. The highest BCUT2D eigenvalue weighted by Crippen LogP contribution is 2.19. The minimum Gasteiger partial charge on any atom is -0.484 e. The van der Waals surface area contributed by atoms with Gasteiger partial charge >= 0.3 is 0 Å². The third kappa shape index (κ3) is 6.34. The molecule has 0 aromatic heterocycles. The number of amides is 2. The van der Waals surface area contributed by atoms with Gasteiger partial charge in [0.25, 0.3) is 5.91 Å². The second-order valence-electron chi connectivity index (χ2n) is 7.56. The number of carbonyl (C=O) groups is 2. The second kappa shape index (κ2) is 10.6. The van der Waals surface area contributed by atoms with Crippen LogP contribution in [-0.2, 0) is 16.1 Å². The molecule has 29 heavy (non-hydrogen) atoms. The van der Waals surface area contributed by atoms with Crippen LogP contribution >= 0.6 is 0 Å². The zero-order valence-corrected chi connectivity index (χ0v) is 18.1. The summed E-state index contributed by atoms with van der Waals surface area (Å²) in [6.07, 6.45) is 0.528. The topological polar surface area (TPSA) is 58.6 Å². The van der Waals surface area contributed by atoms with Crippen molar-refractivity contribution in [3.63, 3.8) is 0 Å². The molecule has 0 aliphatic heterocycles. The third-order valence-corrected chi connectivity index (χ3v) is 5.01. The first-order chi connectivity index (χ1) is 13.8. The molecule has 0 aliphatic carbocycles.